The maximum atomic E-state index is 12.7. The molecular formula is C21H33B2N6O3. The molecule has 1 aliphatic rings. The van der Waals surface area contributed by atoms with Crippen molar-refractivity contribution in [2.45, 2.75) is 84.5 Å². The molecule has 0 saturated carbocycles. The van der Waals surface area contributed by atoms with Gasteiger partial charge in [-0.15, -0.1) is 5.10 Å². The van der Waals surface area contributed by atoms with E-state index in [2.05, 4.69) is 22.0 Å². The van der Waals surface area contributed by atoms with E-state index in [9.17, 15) is 4.79 Å². The van der Waals surface area contributed by atoms with Crippen molar-refractivity contribution in [2.24, 2.45) is 0 Å². The van der Waals surface area contributed by atoms with Crippen molar-refractivity contribution in [2.75, 3.05) is 18.3 Å². The van der Waals surface area contributed by atoms with Crippen molar-refractivity contribution in [1.29, 1.82) is 0 Å². The van der Waals surface area contributed by atoms with Crippen molar-refractivity contribution >= 4 is 32.5 Å². The molecule has 2 aromatic rings. The van der Waals surface area contributed by atoms with E-state index in [0.29, 0.717) is 24.4 Å². The van der Waals surface area contributed by atoms with Gasteiger partial charge in [-0.1, -0.05) is 13.3 Å². The van der Waals surface area contributed by atoms with E-state index in [0.717, 1.165) is 36.7 Å². The summed E-state index contributed by atoms with van der Waals surface area (Å²) in [5.41, 5.74) is 0.709. The number of hydrogen-bond donors (Lipinski definition) is 1. The van der Waals surface area contributed by atoms with Crippen LogP contribution in [0, 0.1) is 0 Å². The van der Waals surface area contributed by atoms with Gasteiger partial charge in [0.1, 0.15) is 5.60 Å². The summed E-state index contributed by atoms with van der Waals surface area (Å²) in [6.07, 6.45) is 5.70. The van der Waals surface area contributed by atoms with Gasteiger partial charge in [-0.3, -0.25) is 0 Å². The number of anilines is 1. The molecule has 1 unspecified atom stereocenters. The molecule has 0 bridgehead atoms. The molecule has 3 rings (SSSR count). The molecule has 1 fully saturated rings. The summed E-state index contributed by atoms with van der Waals surface area (Å²) in [5.74, 6) is 0.312. The molecule has 171 valence electrons. The lowest BCUT2D eigenvalue weighted by Crippen LogP contribution is -2.40. The Bertz CT molecular complexity index is 954. The second kappa shape index (κ2) is 10.4. The number of fused-ring (bicyclic) bond motifs is 1. The summed E-state index contributed by atoms with van der Waals surface area (Å²) in [4.78, 5) is 23.4. The van der Waals surface area contributed by atoms with Gasteiger partial charge < -0.3 is 19.7 Å². The van der Waals surface area contributed by atoms with Crippen LogP contribution in [0.3, 0.4) is 0 Å². The SMILES string of the molecule is [2H]N(C[B][B])c1nc(O[C@@H](C)CCC)nn2c(CC3CCCN3C(=O)OC(C)(C)C)cnc12. The number of nitrogens with one attached hydrogen (secondary N) is 1. The number of carbonyl (C=O) groups is 1. The summed E-state index contributed by atoms with van der Waals surface area (Å²) >= 11 is 0. The zero-order valence-corrected chi connectivity index (χ0v) is 19.7. The molecule has 0 aliphatic carbocycles. The zero-order chi connectivity index (χ0) is 24.2. The maximum Gasteiger partial charge on any atom is 0.410 e. The van der Waals surface area contributed by atoms with Crippen molar-refractivity contribution in [3.63, 3.8) is 0 Å². The van der Waals surface area contributed by atoms with Crippen molar-refractivity contribution in [1.82, 2.24) is 24.5 Å². The Morgan fingerprint density at radius 2 is 2.28 bits per heavy atom. The monoisotopic (exact) mass is 440 g/mol. The third kappa shape index (κ3) is 6.07. The molecule has 3 radical (unpaired) electrons. The summed E-state index contributed by atoms with van der Waals surface area (Å²) in [7, 11) is 6.91. The fraction of sp³-hybridized carbons (Fsp3) is 0.714. The molecule has 9 nitrogen and oxygen atoms in total. The first-order valence-electron chi connectivity index (χ1n) is 11.8. The number of ether oxygens (including phenoxy) is 2. The Labute approximate surface area is 193 Å². The lowest BCUT2D eigenvalue weighted by molar-refractivity contribution is 0.0226. The van der Waals surface area contributed by atoms with Gasteiger partial charge in [0.05, 0.1) is 25.2 Å². The number of amides is 1. The van der Waals surface area contributed by atoms with E-state index in [1.807, 2.05) is 27.7 Å². The first kappa shape index (κ1) is 22.7. The maximum absolute atomic E-state index is 12.7. The number of hydrogen-bond acceptors (Lipinski definition) is 7. The molecule has 1 saturated heterocycles. The highest BCUT2D eigenvalue weighted by molar-refractivity contribution is 6.89. The lowest BCUT2D eigenvalue weighted by Gasteiger charge is -2.28. The molecule has 32 heavy (non-hydrogen) atoms. The van der Waals surface area contributed by atoms with E-state index in [4.69, 9.17) is 18.6 Å². The van der Waals surface area contributed by atoms with Crippen molar-refractivity contribution in [3.8, 4) is 6.01 Å². The Morgan fingerprint density at radius 3 is 2.97 bits per heavy atom. The van der Waals surface area contributed by atoms with Crippen LogP contribution < -0.4 is 10.0 Å². The van der Waals surface area contributed by atoms with Gasteiger partial charge in [-0.2, -0.15) is 4.98 Å². The topological polar surface area (TPSA) is 93.9 Å². The summed E-state index contributed by atoms with van der Waals surface area (Å²) in [6, 6.07) is 0.161. The molecule has 1 N–H and O–H groups in total. The van der Waals surface area contributed by atoms with Crippen LogP contribution in [0.4, 0.5) is 10.6 Å². The van der Waals surface area contributed by atoms with Crippen LogP contribution in [0.5, 0.6) is 6.01 Å². The highest BCUT2D eigenvalue weighted by Gasteiger charge is 2.33. The Morgan fingerprint density at radius 1 is 1.50 bits per heavy atom. The van der Waals surface area contributed by atoms with Gasteiger partial charge in [0.25, 0.3) is 0 Å². The smallest absolute Gasteiger partial charge is 0.410 e. The highest BCUT2D eigenvalue weighted by Crippen LogP contribution is 2.25. The quantitative estimate of drug-likeness (QED) is 0.600. The minimum absolute atomic E-state index is 0.0222. The summed E-state index contributed by atoms with van der Waals surface area (Å²) < 4.78 is 21.5. The van der Waals surface area contributed by atoms with Gasteiger partial charge in [0.2, 0.25) is 0 Å². The molecule has 2 atom stereocenters. The average Bonchev–Trinajstić information content (AvgIpc) is 3.34. The molecule has 0 spiro atoms. The number of likely N-dealkylation sites (tertiary alicyclic amines) is 1. The minimum Gasteiger partial charge on any atom is -0.459 e. The normalized spacial score (nSPS) is 17.8. The molecule has 11 heteroatoms. The molecule has 1 aliphatic heterocycles. The Kier molecular flexibility index (Phi) is 7.42. The predicted molar refractivity (Wildman–Crippen MR) is 125 cm³/mol. The standard InChI is InChI=1S/C21H33B2N6O3/c1-6-8-14(2)31-19-26-17(25-13-23-22)18-24-12-16(29(18)27-19)11-15-9-7-10-28(15)20(30)32-21(3,4)5/h12,14-15H,6-11,13H2,1-5H3,(H,25,26,27)/t14-,15?/m0/s1/i/hD. The first-order valence-corrected chi connectivity index (χ1v) is 11.3. The van der Waals surface area contributed by atoms with Gasteiger partial charge in [0.15, 0.2) is 12.9 Å². The van der Waals surface area contributed by atoms with E-state index >= 15 is 0 Å². The number of nitrogens with zero attached hydrogens (tertiary/aromatic N) is 5. The van der Waals surface area contributed by atoms with Gasteiger partial charge in [-0.25, -0.2) is 14.3 Å². The summed E-state index contributed by atoms with van der Waals surface area (Å²) in [6.45, 7) is 10.3. The molecule has 3 heterocycles. The largest absolute Gasteiger partial charge is 0.459 e. The first-order chi connectivity index (χ1) is 15.6. The fourth-order valence-corrected chi connectivity index (χ4v) is 3.82. The zero-order valence-electron chi connectivity index (χ0n) is 20.7. The van der Waals surface area contributed by atoms with E-state index in [1.165, 1.54) is 7.17 Å². The van der Waals surface area contributed by atoms with Gasteiger partial charge in [-0.05, 0) is 53.4 Å². The Balaban J connectivity index is 1.91. The molecule has 1 amide bonds. The van der Waals surface area contributed by atoms with Crippen LogP contribution in [0.1, 0.15) is 66.0 Å². The minimum atomic E-state index is -0.547. The predicted octanol–water partition coefficient (Wildman–Crippen LogP) is 2.79. The summed E-state index contributed by atoms with van der Waals surface area (Å²) in [5, 5.41) is 5.73. The lowest BCUT2D eigenvalue weighted by atomic mass is 9.56. The van der Waals surface area contributed by atoms with Gasteiger partial charge >= 0.3 is 12.1 Å². The third-order valence-electron chi connectivity index (χ3n) is 5.19. The van der Waals surface area contributed by atoms with Crippen LogP contribution in [-0.2, 0) is 11.2 Å². The Hall–Kier alpha value is -2.45. The number of imidazole rings is 1. The van der Waals surface area contributed by atoms with Crippen LogP contribution >= 0.6 is 0 Å². The van der Waals surface area contributed by atoms with Crippen LogP contribution in [0.15, 0.2) is 6.20 Å². The molecular weight excluding hydrogens is 406 g/mol. The van der Waals surface area contributed by atoms with E-state index in [1.54, 1.807) is 15.6 Å². The van der Waals surface area contributed by atoms with Crippen LogP contribution in [0.2, 0.25) is 1.41 Å². The van der Waals surface area contributed by atoms with Crippen molar-refractivity contribution in [3.05, 3.63) is 11.9 Å². The van der Waals surface area contributed by atoms with E-state index in [-0.39, 0.29) is 30.7 Å². The molecule has 0 aromatic carbocycles. The van der Waals surface area contributed by atoms with Crippen LogP contribution in [0.25, 0.3) is 5.65 Å². The molecule has 2 aromatic heterocycles. The fourth-order valence-electron chi connectivity index (χ4n) is 3.82. The average molecular weight is 440 g/mol. The van der Waals surface area contributed by atoms with E-state index < -0.39 is 5.60 Å². The van der Waals surface area contributed by atoms with Crippen LogP contribution in [-0.4, -0.2) is 76.2 Å². The number of rotatable bonds is 9. The second-order valence-electron chi connectivity index (χ2n) is 9.17. The highest BCUT2D eigenvalue weighted by atomic mass is 16.6. The van der Waals surface area contributed by atoms with Crippen molar-refractivity contribution < 1.29 is 15.7 Å². The second-order valence-corrected chi connectivity index (χ2v) is 9.17. The number of aromatic nitrogens is 4. The van der Waals surface area contributed by atoms with Gasteiger partial charge in [0, 0.05) is 26.7 Å². The third-order valence-corrected chi connectivity index (χ3v) is 5.19. The number of carbonyl (C=O) groups excluding carboxylic acids is 1.